The molecule has 9 heteroatoms. The van der Waals surface area contributed by atoms with E-state index < -0.39 is 34.2 Å². The lowest BCUT2D eigenvalue weighted by atomic mass is 9.98. The second-order valence-electron chi connectivity index (χ2n) is 3.58. The van der Waals surface area contributed by atoms with Crippen LogP contribution in [-0.2, 0) is 5.92 Å². The van der Waals surface area contributed by atoms with Gasteiger partial charge >= 0.3 is 18.0 Å². The summed E-state index contributed by atoms with van der Waals surface area (Å²) in [6.07, 6.45) is -11.1. The fourth-order valence-corrected chi connectivity index (χ4v) is 1.79. The third-order valence-electron chi connectivity index (χ3n) is 2.24. The van der Waals surface area contributed by atoms with Crippen molar-refractivity contribution in [3.63, 3.8) is 0 Å². The van der Waals surface area contributed by atoms with Crippen molar-refractivity contribution < 1.29 is 35.1 Å². The molecule has 1 aromatic rings. The number of halogens is 9. The van der Waals surface area contributed by atoms with Gasteiger partial charge < -0.3 is 0 Å². The molecule has 0 spiro atoms. The number of benzene rings is 1. The van der Waals surface area contributed by atoms with Gasteiger partial charge in [-0.25, -0.2) is 4.39 Å². The van der Waals surface area contributed by atoms with Crippen LogP contribution in [0.3, 0.4) is 0 Å². The molecule has 0 bridgehead atoms. The normalized spacial score (nSPS) is 15.4. The Labute approximate surface area is 110 Å². The SMILES string of the molecule is FC(C(F)(F)F)C(F)(F)C(F)(F)c1ccccc1Br. The number of hydrogen-bond donors (Lipinski definition) is 0. The minimum Gasteiger partial charge on any atom is -0.230 e. The Morgan fingerprint density at radius 2 is 1.37 bits per heavy atom. The van der Waals surface area contributed by atoms with E-state index in [0.29, 0.717) is 6.07 Å². The molecule has 0 aliphatic carbocycles. The molecule has 0 heterocycles. The van der Waals surface area contributed by atoms with Crippen LogP contribution in [-0.4, -0.2) is 18.3 Å². The summed E-state index contributed by atoms with van der Waals surface area (Å²) in [6.45, 7) is 0. The highest BCUT2D eigenvalue weighted by atomic mass is 79.9. The molecule has 1 unspecified atom stereocenters. The molecule has 0 aromatic heterocycles. The number of alkyl halides is 8. The van der Waals surface area contributed by atoms with Gasteiger partial charge in [-0.3, -0.25) is 0 Å². The minimum absolute atomic E-state index is 0.487. The Kier molecular flexibility index (Phi) is 4.19. The second kappa shape index (κ2) is 4.92. The van der Waals surface area contributed by atoms with Crippen LogP contribution >= 0.6 is 15.9 Å². The fourth-order valence-electron chi connectivity index (χ4n) is 1.26. The van der Waals surface area contributed by atoms with Gasteiger partial charge in [0.2, 0.25) is 0 Å². The van der Waals surface area contributed by atoms with E-state index in [2.05, 4.69) is 15.9 Å². The van der Waals surface area contributed by atoms with Crippen LogP contribution in [0.1, 0.15) is 5.56 Å². The van der Waals surface area contributed by atoms with Crippen molar-refractivity contribution in [2.75, 3.05) is 0 Å². The van der Waals surface area contributed by atoms with E-state index in [-0.39, 0.29) is 0 Å². The number of hydrogen-bond acceptors (Lipinski definition) is 0. The largest absolute Gasteiger partial charge is 0.425 e. The summed E-state index contributed by atoms with van der Waals surface area (Å²) >= 11 is 2.51. The van der Waals surface area contributed by atoms with Crippen LogP contribution in [0.4, 0.5) is 35.1 Å². The molecule has 0 aliphatic rings. The summed E-state index contributed by atoms with van der Waals surface area (Å²) in [5, 5.41) is 0. The smallest absolute Gasteiger partial charge is 0.230 e. The molecule has 0 fully saturated rings. The maximum Gasteiger partial charge on any atom is 0.425 e. The highest BCUT2D eigenvalue weighted by Crippen LogP contribution is 2.51. The van der Waals surface area contributed by atoms with Crippen LogP contribution in [0.25, 0.3) is 0 Å². The van der Waals surface area contributed by atoms with Gasteiger partial charge in [0, 0.05) is 10.0 Å². The first-order valence-corrected chi connectivity index (χ1v) is 5.43. The molecule has 0 N–H and O–H groups in total. The van der Waals surface area contributed by atoms with Crippen LogP contribution in [0, 0.1) is 0 Å². The molecule has 108 valence electrons. The lowest BCUT2D eigenvalue weighted by molar-refractivity contribution is -0.310. The van der Waals surface area contributed by atoms with Gasteiger partial charge in [0.25, 0.3) is 6.17 Å². The van der Waals surface area contributed by atoms with Gasteiger partial charge in [0.05, 0.1) is 0 Å². The Morgan fingerprint density at radius 1 is 0.895 bits per heavy atom. The summed E-state index contributed by atoms with van der Waals surface area (Å²) in [6, 6.07) is 3.53. The van der Waals surface area contributed by atoms with Crippen molar-refractivity contribution in [3.05, 3.63) is 34.3 Å². The molecular formula is C10H5BrF8. The molecule has 0 saturated heterocycles. The molecule has 1 aromatic carbocycles. The molecule has 1 atom stereocenters. The lowest BCUT2D eigenvalue weighted by Crippen LogP contribution is -2.52. The van der Waals surface area contributed by atoms with Gasteiger partial charge in [-0.05, 0) is 6.07 Å². The summed E-state index contributed by atoms with van der Waals surface area (Å²) in [7, 11) is 0. The van der Waals surface area contributed by atoms with E-state index in [4.69, 9.17) is 0 Å². The Balaban J connectivity index is 3.30. The summed E-state index contributed by atoms with van der Waals surface area (Å²) in [4.78, 5) is 0. The fraction of sp³-hybridized carbons (Fsp3) is 0.400. The van der Waals surface area contributed by atoms with Gasteiger partial charge in [0.15, 0.2) is 0 Å². The zero-order chi connectivity index (χ0) is 15.1. The van der Waals surface area contributed by atoms with Crippen molar-refractivity contribution in [2.45, 2.75) is 24.2 Å². The third kappa shape index (κ3) is 2.85. The molecule has 19 heavy (non-hydrogen) atoms. The predicted molar refractivity (Wildman–Crippen MR) is 53.9 cm³/mol. The Morgan fingerprint density at radius 3 is 1.79 bits per heavy atom. The van der Waals surface area contributed by atoms with Crippen LogP contribution in [0.2, 0.25) is 0 Å². The molecule has 1 rings (SSSR count). The third-order valence-corrected chi connectivity index (χ3v) is 2.93. The first-order valence-electron chi connectivity index (χ1n) is 4.63. The van der Waals surface area contributed by atoms with Crippen LogP contribution in [0.15, 0.2) is 28.7 Å². The van der Waals surface area contributed by atoms with Crippen molar-refractivity contribution in [2.24, 2.45) is 0 Å². The van der Waals surface area contributed by atoms with Crippen molar-refractivity contribution in [1.29, 1.82) is 0 Å². The quantitative estimate of drug-likeness (QED) is 0.663. The molecule has 0 nitrogen and oxygen atoms in total. The molecule has 0 radical (unpaired) electrons. The number of rotatable bonds is 3. The van der Waals surface area contributed by atoms with E-state index in [1.165, 1.54) is 6.07 Å². The second-order valence-corrected chi connectivity index (χ2v) is 4.44. The zero-order valence-electron chi connectivity index (χ0n) is 8.79. The standard InChI is InChI=1S/C10H5BrF8/c11-6-4-2-1-3-5(6)8(13,14)9(15,16)7(12)10(17,18)19/h1-4,7H. The van der Waals surface area contributed by atoms with Gasteiger partial charge in [-0.1, -0.05) is 34.1 Å². The van der Waals surface area contributed by atoms with Crippen molar-refractivity contribution >= 4 is 15.9 Å². The first kappa shape index (κ1) is 16.2. The monoisotopic (exact) mass is 356 g/mol. The average Bonchev–Trinajstić information content (AvgIpc) is 2.26. The molecule has 0 saturated carbocycles. The first-order chi connectivity index (χ1) is 8.42. The van der Waals surface area contributed by atoms with Gasteiger partial charge in [-0.2, -0.15) is 30.7 Å². The van der Waals surface area contributed by atoms with Gasteiger partial charge in [-0.15, -0.1) is 0 Å². The van der Waals surface area contributed by atoms with Gasteiger partial charge in [0.1, 0.15) is 0 Å². The maximum absolute atomic E-state index is 13.5. The topological polar surface area (TPSA) is 0 Å². The van der Waals surface area contributed by atoms with E-state index in [1.54, 1.807) is 0 Å². The summed E-state index contributed by atoms with van der Waals surface area (Å²) in [5.41, 5.74) is -1.42. The highest BCUT2D eigenvalue weighted by molar-refractivity contribution is 9.10. The van der Waals surface area contributed by atoms with Crippen LogP contribution in [0.5, 0.6) is 0 Å². The maximum atomic E-state index is 13.5. The average molecular weight is 357 g/mol. The zero-order valence-corrected chi connectivity index (χ0v) is 10.4. The van der Waals surface area contributed by atoms with Crippen molar-refractivity contribution in [3.8, 4) is 0 Å². The van der Waals surface area contributed by atoms with E-state index >= 15 is 0 Å². The molecular weight excluding hydrogens is 352 g/mol. The summed E-state index contributed by atoms with van der Waals surface area (Å²) in [5.74, 6) is -11.2. The summed E-state index contributed by atoms with van der Waals surface area (Å²) < 4.78 is 101. The Hall–Kier alpha value is -0.860. The minimum atomic E-state index is -6.09. The highest BCUT2D eigenvalue weighted by Gasteiger charge is 2.70. The van der Waals surface area contributed by atoms with E-state index in [9.17, 15) is 35.1 Å². The molecule has 0 aliphatic heterocycles. The predicted octanol–water partition coefficient (Wildman–Crippen LogP) is 5.08. The van der Waals surface area contributed by atoms with E-state index in [1.807, 2.05) is 0 Å². The molecule has 0 amide bonds. The van der Waals surface area contributed by atoms with Crippen molar-refractivity contribution in [1.82, 2.24) is 0 Å². The van der Waals surface area contributed by atoms with Crippen LogP contribution < -0.4 is 0 Å². The lowest BCUT2D eigenvalue weighted by Gasteiger charge is -2.30. The Bertz CT molecular complexity index is 453. The van der Waals surface area contributed by atoms with E-state index in [0.717, 1.165) is 12.1 Å².